The molecule has 0 unspecified atom stereocenters. The van der Waals surface area contributed by atoms with Crippen molar-refractivity contribution in [3.63, 3.8) is 0 Å². The summed E-state index contributed by atoms with van der Waals surface area (Å²) in [5.41, 5.74) is 3.20. The summed E-state index contributed by atoms with van der Waals surface area (Å²) >= 11 is 2.73. The van der Waals surface area contributed by atoms with E-state index in [1.807, 2.05) is 46.7 Å². The van der Waals surface area contributed by atoms with E-state index in [0.717, 1.165) is 26.4 Å². The van der Waals surface area contributed by atoms with Gasteiger partial charge in [-0.25, -0.2) is 13.8 Å². The standard InChI is InChI=1S/C21H22F2N4S2/c1-14(25-18-7-12-28-20(18)29-24)16-13-15-5-2-3-6-17(15)26-19(16)27-10-4-8-21(22,23)9-11-27/h2-3,5-7,12-13,25H,1,4,8-11,24H2. The third kappa shape index (κ3) is 4.39. The molecule has 1 saturated heterocycles. The van der Waals surface area contributed by atoms with Gasteiger partial charge >= 0.3 is 0 Å². The van der Waals surface area contributed by atoms with E-state index in [2.05, 4.69) is 11.9 Å². The molecule has 1 aliphatic rings. The van der Waals surface area contributed by atoms with E-state index in [1.54, 1.807) is 11.3 Å². The molecule has 1 aliphatic heterocycles. The first kappa shape index (κ1) is 20.1. The molecule has 0 aliphatic carbocycles. The molecule has 0 saturated carbocycles. The maximum atomic E-state index is 13.9. The quantitative estimate of drug-likeness (QED) is 0.487. The van der Waals surface area contributed by atoms with Gasteiger partial charge in [-0.1, -0.05) is 24.8 Å². The molecule has 3 heterocycles. The maximum Gasteiger partial charge on any atom is 0.249 e. The number of rotatable bonds is 5. The van der Waals surface area contributed by atoms with Crippen LogP contribution in [0.2, 0.25) is 0 Å². The van der Waals surface area contributed by atoms with Crippen molar-refractivity contribution < 1.29 is 8.78 Å². The predicted molar refractivity (Wildman–Crippen MR) is 120 cm³/mol. The van der Waals surface area contributed by atoms with Crippen molar-refractivity contribution in [1.29, 1.82) is 0 Å². The van der Waals surface area contributed by atoms with Gasteiger partial charge in [-0.05, 0) is 41.9 Å². The molecular weight excluding hydrogens is 410 g/mol. The summed E-state index contributed by atoms with van der Waals surface area (Å²) in [6.45, 7) is 5.03. The minimum atomic E-state index is -2.62. The number of hydrogen-bond donors (Lipinski definition) is 2. The number of nitrogens with zero attached hydrogens (tertiary/aromatic N) is 2. The molecule has 3 aromatic rings. The number of thiophene rings is 1. The molecule has 4 nitrogen and oxygen atoms in total. The molecule has 4 rings (SSSR count). The lowest BCUT2D eigenvalue weighted by atomic mass is 10.1. The van der Waals surface area contributed by atoms with Crippen molar-refractivity contribution in [1.82, 2.24) is 4.98 Å². The van der Waals surface area contributed by atoms with Gasteiger partial charge in [0.1, 0.15) is 5.82 Å². The number of alkyl halides is 2. The van der Waals surface area contributed by atoms with Gasteiger partial charge < -0.3 is 10.2 Å². The highest BCUT2D eigenvalue weighted by atomic mass is 32.2. The van der Waals surface area contributed by atoms with E-state index in [9.17, 15) is 8.78 Å². The number of nitrogens with two attached hydrogens (primary N) is 1. The van der Waals surface area contributed by atoms with Crippen LogP contribution in [-0.4, -0.2) is 24.0 Å². The fourth-order valence-electron chi connectivity index (χ4n) is 3.55. The summed E-state index contributed by atoms with van der Waals surface area (Å²) in [4.78, 5) is 6.79. The second-order valence-electron chi connectivity index (χ2n) is 7.09. The van der Waals surface area contributed by atoms with Crippen molar-refractivity contribution in [2.75, 3.05) is 23.3 Å². The predicted octanol–water partition coefficient (Wildman–Crippen LogP) is 5.97. The Balaban J connectivity index is 1.73. The lowest BCUT2D eigenvalue weighted by Crippen LogP contribution is -2.28. The van der Waals surface area contributed by atoms with Gasteiger partial charge in [-0.2, -0.15) is 0 Å². The topological polar surface area (TPSA) is 54.2 Å². The molecule has 0 radical (unpaired) electrons. The average molecular weight is 433 g/mol. The minimum Gasteiger partial charge on any atom is -0.356 e. The zero-order chi connectivity index (χ0) is 20.4. The molecule has 1 fully saturated rings. The van der Waals surface area contributed by atoms with Crippen LogP contribution in [0.15, 0.2) is 52.6 Å². The van der Waals surface area contributed by atoms with Crippen molar-refractivity contribution in [3.05, 3.63) is 53.9 Å². The zero-order valence-electron chi connectivity index (χ0n) is 15.8. The van der Waals surface area contributed by atoms with Crippen molar-refractivity contribution in [2.45, 2.75) is 29.4 Å². The fourth-order valence-corrected chi connectivity index (χ4v) is 4.76. The van der Waals surface area contributed by atoms with Crippen LogP contribution < -0.4 is 15.4 Å². The van der Waals surface area contributed by atoms with Gasteiger partial charge in [0, 0.05) is 42.6 Å². The molecule has 2 aromatic heterocycles. The van der Waals surface area contributed by atoms with E-state index < -0.39 is 5.92 Å². The summed E-state index contributed by atoms with van der Waals surface area (Å²) in [6.07, 6.45) is 0.177. The number of halogens is 2. The number of fused-ring (bicyclic) bond motifs is 1. The van der Waals surface area contributed by atoms with Gasteiger partial charge in [-0.15, -0.1) is 11.3 Å². The van der Waals surface area contributed by atoms with E-state index in [4.69, 9.17) is 10.1 Å². The molecule has 8 heteroatoms. The Morgan fingerprint density at radius 1 is 1.24 bits per heavy atom. The van der Waals surface area contributed by atoms with E-state index in [-0.39, 0.29) is 19.4 Å². The largest absolute Gasteiger partial charge is 0.356 e. The Morgan fingerprint density at radius 2 is 2.07 bits per heavy atom. The summed E-state index contributed by atoms with van der Waals surface area (Å²) in [5.74, 6) is -1.93. The van der Waals surface area contributed by atoms with E-state index in [0.29, 0.717) is 24.5 Å². The van der Waals surface area contributed by atoms with Crippen LogP contribution in [0.3, 0.4) is 0 Å². The van der Waals surface area contributed by atoms with Crippen LogP contribution in [0.5, 0.6) is 0 Å². The second-order valence-corrected chi connectivity index (χ2v) is 8.91. The molecule has 0 bridgehead atoms. The van der Waals surface area contributed by atoms with Crippen LogP contribution in [0.4, 0.5) is 20.3 Å². The zero-order valence-corrected chi connectivity index (χ0v) is 17.5. The third-order valence-electron chi connectivity index (χ3n) is 5.07. The van der Waals surface area contributed by atoms with Crippen LogP contribution in [0.25, 0.3) is 16.6 Å². The van der Waals surface area contributed by atoms with Crippen molar-refractivity contribution in [3.8, 4) is 0 Å². The van der Waals surface area contributed by atoms with Gasteiger partial charge in [0.2, 0.25) is 5.92 Å². The van der Waals surface area contributed by atoms with E-state index in [1.165, 1.54) is 11.9 Å². The fraction of sp³-hybridized carbons (Fsp3) is 0.286. The van der Waals surface area contributed by atoms with Gasteiger partial charge in [-0.3, -0.25) is 5.14 Å². The number of hydrogen-bond acceptors (Lipinski definition) is 6. The molecule has 29 heavy (non-hydrogen) atoms. The van der Waals surface area contributed by atoms with Crippen molar-refractivity contribution >= 4 is 51.4 Å². The number of pyridine rings is 1. The van der Waals surface area contributed by atoms with Gasteiger partial charge in [0.15, 0.2) is 0 Å². The number of benzene rings is 1. The number of para-hydroxylation sites is 1. The highest BCUT2D eigenvalue weighted by Gasteiger charge is 2.32. The Hall–Kier alpha value is -2.16. The number of nitrogens with one attached hydrogen (secondary N) is 1. The van der Waals surface area contributed by atoms with Crippen LogP contribution in [0.1, 0.15) is 24.8 Å². The highest BCUT2D eigenvalue weighted by Crippen LogP contribution is 2.36. The second kappa shape index (κ2) is 8.30. The first-order chi connectivity index (χ1) is 14.0. The molecule has 3 N–H and O–H groups in total. The van der Waals surface area contributed by atoms with Gasteiger partial charge in [0.25, 0.3) is 0 Å². The summed E-state index contributed by atoms with van der Waals surface area (Å²) in [6, 6.07) is 11.8. The monoisotopic (exact) mass is 432 g/mol. The molecule has 0 amide bonds. The highest BCUT2D eigenvalue weighted by molar-refractivity contribution is 7.99. The van der Waals surface area contributed by atoms with Crippen LogP contribution in [0, 0.1) is 0 Å². The molecule has 0 spiro atoms. The molecule has 1 aromatic carbocycles. The third-order valence-corrected chi connectivity index (χ3v) is 6.79. The SMILES string of the molecule is C=C(Nc1ccsc1SN)c1cc2ccccc2nc1N1CCCC(F)(F)CC1. The number of aromatic nitrogens is 1. The lowest BCUT2D eigenvalue weighted by molar-refractivity contribution is -0.0102. The van der Waals surface area contributed by atoms with Crippen LogP contribution in [-0.2, 0) is 0 Å². The average Bonchev–Trinajstić information content (AvgIpc) is 3.08. The summed E-state index contributed by atoms with van der Waals surface area (Å²) in [5, 5.41) is 12.0. The maximum absolute atomic E-state index is 13.9. The summed E-state index contributed by atoms with van der Waals surface area (Å²) in [7, 11) is 0. The number of anilines is 2. The minimum absolute atomic E-state index is 0.0857. The normalized spacial score (nSPS) is 16.6. The van der Waals surface area contributed by atoms with Crippen LogP contribution >= 0.6 is 23.3 Å². The Kier molecular flexibility index (Phi) is 5.76. The molecule has 0 atom stereocenters. The first-order valence-electron chi connectivity index (χ1n) is 9.40. The Morgan fingerprint density at radius 3 is 2.90 bits per heavy atom. The smallest absolute Gasteiger partial charge is 0.249 e. The van der Waals surface area contributed by atoms with Crippen molar-refractivity contribution in [2.24, 2.45) is 5.14 Å². The van der Waals surface area contributed by atoms with Gasteiger partial charge in [0.05, 0.1) is 15.4 Å². The lowest BCUT2D eigenvalue weighted by Gasteiger charge is -2.26. The Labute approximate surface area is 176 Å². The molecule has 152 valence electrons. The summed E-state index contributed by atoms with van der Waals surface area (Å²) < 4.78 is 28.8. The first-order valence-corrected chi connectivity index (χ1v) is 11.2. The Bertz CT molecular complexity index is 1030. The van der Waals surface area contributed by atoms with E-state index >= 15 is 0 Å². The molecular formula is C21H22F2N4S2.